The van der Waals surface area contributed by atoms with Crippen molar-refractivity contribution in [2.24, 2.45) is 0 Å². The van der Waals surface area contributed by atoms with Crippen molar-refractivity contribution in [2.45, 2.75) is 31.6 Å². The summed E-state index contributed by atoms with van der Waals surface area (Å²) in [6.45, 7) is 1.08. The molecule has 1 N–H and O–H groups in total. The maximum Gasteiger partial charge on any atom is 0.410 e. The van der Waals surface area contributed by atoms with E-state index < -0.39 is 36.6 Å². The normalized spacial score (nSPS) is 18.5. The predicted octanol–water partition coefficient (Wildman–Crippen LogP) is 4.38. The Kier molecular flexibility index (Phi) is 4.97. The Bertz CT molecular complexity index is 1120. The number of aromatic nitrogens is 2. The first-order chi connectivity index (χ1) is 14.2. The lowest BCUT2D eigenvalue weighted by Crippen LogP contribution is -2.37. The second-order valence-corrected chi connectivity index (χ2v) is 7.26. The Morgan fingerprint density at radius 3 is 2.63 bits per heavy atom. The van der Waals surface area contributed by atoms with Gasteiger partial charge in [-0.2, -0.15) is 18.3 Å². The summed E-state index contributed by atoms with van der Waals surface area (Å²) >= 11 is 0. The lowest BCUT2D eigenvalue weighted by Gasteiger charge is -2.31. The molecule has 0 spiro atoms. The van der Waals surface area contributed by atoms with Gasteiger partial charge in [0.25, 0.3) is 0 Å². The molecule has 2 atom stereocenters. The topological polar surface area (TPSA) is 73.2 Å². The predicted molar refractivity (Wildman–Crippen MR) is 104 cm³/mol. The fourth-order valence-electron chi connectivity index (χ4n) is 3.51. The van der Waals surface area contributed by atoms with Crippen molar-refractivity contribution in [3.05, 3.63) is 59.8 Å². The van der Waals surface area contributed by atoms with Crippen molar-refractivity contribution in [1.29, 1.82) is 0 Å². The molecule has 0 bridgehead atoms. The summed E-state index contributed by atoms with van der Waals surface area (Å²) in [5.41, 5.74) is 0.0884. The average molecular weight is 417 g/mol. The van der Waals surface area contributed by atoms with Crippen LogP contribution in [0.15, 0.2) is 48.5 Å². The second kappa shape index (κ2) is 7.47. The van der Waals surface area contributed by atoms with Gasteiger partial charge >= 0.3 is 12.1 Å². The average Bonchev–Trinajstić information content (AvgIpc) is 3.13. The van der Waals surface area contributed by atoms with Gasteiger partial charge in [-0.15, -0.1) is 0 Å². The summed E-state index contributed by atoms with van der Waals surface area (Å²) in [5, 5.41) is 8.48. The molecule has 9 heteroatoms. The minimum absolute atomic E-state index is 0.0869. The third-order valence-electron chi connectivity index (χ3n) is 4.99. The molecular formula is C21H18F3N3O3. The van der Waals surface area contributed by atoms with Crippen LogP contribution in [0.25, 0.3) is 10.8 Å². The van der Waals surface area contributed by atoms with E-state index in [1.54, 1.807) is 25.1 Å². The number of halogens is 3. The van der Waals surface area contributed by atoms with Gasteiger partial charge in [0.15, 0.2) is 24.1 Å². The fourth-order valence-corrected chi connectivity index (χ4v) is 3.51. The Balaban J connectivity index is 1.47. The Labute approximate surface area is 169 Å². The van der Waals surface area contributed by atoms with Gasteiger partial charge in [-0.25, -0.2) is 9.48 Å². The standard InChI is InChI=1S/C21H18F3N3O3/c1-12-8-18(21(22,23)24)27-19(25-12)10-16(26-27)20(29)30-11-17(28)15-7-6-13-4-2-3-5-14(13)9-15/h2-7,9-10,12,18,25H,8,11H2,1H3. The monoisotopic (exact) mass is 417 g/mol. The zero-order valence-corrected chi connectivity index (χ0v) is 15.9. The molecule has 156 valence electrons. The molecule has 0 saturated heterocycles. The van der Waals surface area contributed by atoms with E-state index in [-0.39, 0.29) is 17.9 Å². The van der Waals surface area contributed by atoms with Crippen molar-refractivity contribution in [3.8, 4) is 0 Å². The molecule has 1 aromatic heterocycles. The quantitative estimate of drug-likeness (QED) is 0.504. The summed E-state index contributed by atoms with van der Waals surface area (Å²) in [4.78, 5) is 24.7. The number of rotatable bonds is 4. The molecule has 3 aromatic rings. The molecule has 0 amide bonds. The number of hydrogen-bond donors (Lipinski definition) is 1. The minimum atomic E-state index is -4.50. The van der Waals surface area contributed by atoms with E-state index in [2.05, 4.69) is 10.4 Å². The van der Waals surface area contributed by atoms with Crippen LogP contribution >= 0.6 is 0 Å². The molecule has 2 unspecified atom stereocenters. The van der Waals surface area contributed by atoms with Crippen LogP contribution in [0.5, 0.6) is 0 Å². The molecule has 0 aliphatic carbocycles. The van der Waals surface area contributed by atoms with Gasteiger partial charge in [0.2, 0.25) is 0 Å². The molecular weight excluding hydrogens is 399 g/mol. The fraction of sp³-hybridized carbons (Fsp3) is 0.286. The van der Waals surface area contributed by atoms with Gasteiger partial charge in [-0.1, -0.05) is 36.4 Å². The van der Waals surface area contributed by atoms with E-state index in [1.165, 1.54) is 6.07 Å². The minimum Gasteiger partial charge on any atom is -0.453 e. The molecule has 2 heterocycles. The second-order valence-electron chi connectivity index (χ2n) is 7.26. The third-order valence-corrected chi connectivity index (χ3v) is 4.99. The van der Waals surface area contributed by atoms with Crippen molar-refractivity contribution >= 4 is 28.3 Å². The number of hydrogen-bond acceptors (Lipinski definition) is 5. The molecule has 4 rings (SSSR count). The van der Waals surface area contributed by atoms with Crippen LogP contribution in [0, 0.1) is 0 Å². The maximum atomic E-state index is 13.3. The van der Waals surface area contributed by atoms with E-state index in [9.17, 15) is 22.8 Å². The first kappa shape index (κ1) is 19.9. The number of esters is 1. The van der Waals surface area contributed by atoms with Crippen LogP contribution in [0.2, 0.25) is 0 Å². The molecule has 0 radical (unpaired) electrons. The summed E-state index contributed by atoms with van der Waals surface area (Å²) in [7, 11) is 0. The molecule has 6 nitrogen and oxygen atoms in total. The zero-order chi connectivity index (χ0) is 21.5. The van der Waals surface area contributed by atoms with Crippen LogP contribution < -0.4 is 5.32 Å². The summed E-state index contributed by atoms with van der Waals surface area (Å²) in [6, 6.07) is 11.6. The third kappa shape index (κ3) is 3.87. The highest BCUT2D eigenvalue weighted by atomic mass is 19.4. The van der Waals surface area contributed by atoms with Gasteiger partial charge in [0.05, 0.1) is 0 Å². The summed E-state index contributed by atoms with van der Waals surface area (Å²) in [5.74, 6) is -1.29. The molecule has 1 aliphatic heterocycles. The number of fused-ring (bicyclic) bond motifs is 2. The molecule has 1 aliphatic rings. The maximum absolute atomic E-state index is 13.3. The van der Waals surface area contributed by atoms with E-state index >= 15 is 0 Å². The van der Waals surface area contributed by atoms with E-state index in [0.717, 1.165) is 15.5 Å². The van der Waals surface area contributed by atoms with Gasteiger partial charge in [0.1, 0.15) is 5.82 Å². The van der Waals surface area contributed by atoms with Crippen LogP contribution in [0.1, 0.15) is 40.2 Å². The largest absolute Gasteiger partial charge is 0.453 e. The lowest BCUT2D eigenvalue weighted by atomic mass is 10.0. The van der Waals surface area contributed by atoms with Crippen molar-refractivity contribution in [1.82, 2.24) is 9.78 Å². The molecule has 0 saturated carbocycles. The SMILES string of the molecule is CC1CC(C(F)(F)F)n2nc(C(=O)OCC(=O)c3ccc4ccccc4c3)cc2N1. The van der Waals surface area contributed by atoms with Crippen molar-refractivity contribution in [3.63, 3.8) is 0 Å². The van der Waals surface area contributed by atoms with Crippen molar-refractivity contribution < 1.29 is 27.5 Å². The van der Waals surface area contributed by atoms with Crippen LogP contribution in [-0.4, -0.2) is 40.4 Å². The van der Waals surface area contributed by atoms with E-state index in [1.807, 2.05) is 24.3 Å². The molecule has 2 aromatic carbocycles. The molecule has 30 heavy (non-hydrogen) atoms. The van der Waals surface area contributed by atoms with E-state index in [0.29, 0.717) is 5.56 Å². The van der Waals surface area contributed by atoms with Crippen LogP contribution in [0.3, 0.4) is 0 Å². The molecule has 0 fully saturated rings. The van der Waals surface area contributed by atoms with E-state index in [4.69, 9.17) is 4.74 Å². The first-order valence-electron chi connectivity index (χ1n) is 9.34. The number of alkyl halides is 3. The number of Topliss-reactive ketones (excluding diaryl/α,β-unsaturated/α-hetero) is 1. The Morgan fingerprint density at radius 2 is 1.90 bits per heavy atom. The highest BCUT2D eigenvalue weighted by molar-refractivity contribution is 6.02. The van der Waals surface area contributed by atoms with Gasteiger partial charge in [-0.05, 0) is 30.2 Å². The van der Waals surface area contributed by atoms with Gasteiger partial charge in [-0.3, -0.25) is 4.79 Å². The number of ketones is 1. The van der Waals surface area contributed by atoms with Gasteiger partial charge < -0.3 is 10.1 Å². The zero-order valence-electron chi connectivity index (χ0n) is 15.9. The lowest BCUT2D eigenvalue weighted by molar-refractivity contribution is -0.173. The Morgan fingerprint density at radius 1 is 1.17 bits per heavy atom. The number of carbonyl (C=O) groups excluding carboxylic acids is 2. The highest BCUT2D eigenvalue weighted by Gasteiger charge is 2.45. The number of nitrogens with zero attached hydrogens (tertiary/aromatic N) is 2. The van der Waals surface area contributed by atoms with Crippen LogP contribution in [-0.2, 0) is 4.74 Å². The first-order valence-corrected chi connectivity index (χ1v) is 9.34. The number of nitrogens with one attached hydrogen (secondary N) is 1. The Hall–Kier alpha value is -3.36. The number of anilines is 1. The number of ether oxygens (including phenoxy) is 1. The van der Waals surface area contributed by atoms with Crippen molar-refractivity contribution in [2.75, 3.05) is 11.9 Å². The summed E-state index contributed by atoms with van der Waals surface area (Å²) in [6.07, 6.45) is -4.70. The van der Waals surface area contributed by atoms with Crippen LogP contribution in [0.4, 0.5) is 19.0 Å². The highest BCUT2D eigenvalue weighted by Crippen LogP contribution is 2.39. The summed E-state index contributed by atoms with van der Waals surface area (Å²) < 4.78 is 45.7. The van der Waals surface area contributed by atoms with Gasteiger partial charge in [0, 0.05) is 17.7 Å². The number of benzene rings is 2. The smallest absolute Gasteiger partial charge is 0.410 e. The number of carbonyl (C=O) groups is 2.